The van der Waals surface area contributed by atoms with Crippen molar-refractivity contribution in [2.75, 3.05) is 6.54 Å². The molecule has 1 atom stereocenters. The van der Waals surface area contributed by atoms with Crippen molar-refractivity contribution in [3.05, 3.63) is 35.9 Å². The molecule has 1 rings (SSSR count). The number of hydrogen-bond acceptors (Lipinski definition) is 5. The molecule has 7 N–H and O–H groups in total. The Morgan fingerprint density at radius 3 is 2.14 bits per heavy atom. The van der Waals surface area contributed by atoms with Crippen LogP contribution in [0.25, 0.3) is 0 Å². The minimum atomic E-state index is -1.13. The predicted octanol–water partition coefficient (Wildman–Crippen LogP) is -4.49. The van der Waals surface area contributed by atoms with E-state index in [9.17, 15) is 14.7 Å². The predicted molar refractivity (Wildman–Crippen MR) is 76.3 cm³/mol. The number of benzene rings is 1. The summed E-state index contributed by atoms with van der Waals surface area (Å²) in [4.78, 5) is 24.0. The van der Waals surface area contributed by atoms with Gasteiger partial charge >= 0.3 is 35.5 Å². The topological polar surface area (TPSA) is 168 Å². The van der Waals surface area contributed by atoms with Crippen LogP contribution in [0.4, 0.5) is 0 Å². The van der Waals surface area contributed by atoms with E-state index in [1.165, 1.54) is 12.1 Å². The number of aliphatic imine (C=N–C) groups is 1. The van der Waals surface area contributed by atoms with Crippen LogP contribution in [0.3, 0.4) is 0 Å². The van der Waals surface area contributed by atoms with E-state index in [-0.39, 0.29) is 41.1 Å². The summed E-state index contributed by atoms with van der Waals surface area (Å²) in [5.41, 5.74) is 15.5. The molecule has 116 valence electrons. The summed E-state index contributed by atoms with van der Waals surface area (Å²) >= 11 is 0. The third-order valence-corrected chi connectivity index (χ3v) is 2.29. The molecule has 0 aliphatic carbocycles. The standard InChI is InChI=1S/C7H6O2.C6H14N4O2.Na/c8-7(9)6-4-2-1-3-5-6;7-4(5(11)12)2-1-3-10-6(8)9;/h1-5H,(H,8,9);4H,1-3,7H2,(H,11,12)(H4,8,9,10);/q;;+1/p-1/t;4-;/m.0./s1. The van der Waals surface area contributed by atoms with Crippen molar-refractivity contribution in [3.8, 4) is 0 Å². The normalized spacial score (nSPS) is 10.2. The van der Waals surface area contributed by atoms with Crippen molar-refractivity contribution >= 4 is 17.9 Å². The van der Waals surface area contributed by atoms with E-state index in [4.69, 9.17) is 22.3 Å². The number of aromatic carboxylic acids is 1. The second-order valence-corrected chi connectivity index (χ2v) is 4.05. The number of hydrogen-bond donors (Lipinski definition) is 4. The minimum absolute atomic E-state index is 0. The third-order valence-electron chi connectivity index (χ3n) is 2.29. The van der Waals surface area contributed by atoms with E-state index in [0.717, 1.165) is 0 Å². The molecule has 0 aliphatic heterocycles. The minimum Gasteiger partial charge on any atom is -0.545 e. The van der Waals surface area contributed by atoms with Crippen LogP contribution in [0.2, 0.25) is 0 Å². The zero-order valence-electron chi connectivity index (χ0n) is 12.4. The Bertz CT molecular complexity index is 478. The maximum atomic E-state index is 10.2. The summed E-state index contributed by atoms with van der Waals surface area (Å²) in [6, 6.07) is 7.24. The average Bonchev–Trinajstić information content (AvgIpc) is 2.44. The van der Waals surface area contributed by atoms with Gasteiger partial charge in [0.05, 0.1) is 5.97 Å². The Morgan fingerprint density at radius 1 is 1.23 bits per heavy atom. The Kier molecular flexibility index (Phi) is 13.5. The van der Waals surface area contributed by atoms with E-state index in [1.807, 2.05) is 0 Å². The molecule has 1 aromatic rings. The molecule has 9 heteroatoms. The van der Waals surface area contributed by atoms with Crippen molar-refractivity contribution < 1.29 is 49.4 Å². The van der Waals surface area contributed by atoms with Crippen molar-refractivity contribution in [3.63, 3.8) is 0 Å². The molecule has 0 amide bonds. The first kappa shape index (κ1) is 22.7. The van der Waals surface area contributed by atoms with Gasteiger partial charge in [0.15, 0.2) is 5.96 Å². The molecule has 8 nitrogen and oxygen atoms in total. The molecule has 0 unspecified atom stereocenters. The van der Waals surface area contributed by atoms with Gasteiger partial charge in [-0.25, -0.2) is 0 Å². The van der Waals surface area contributed by atoms with Gasteiger partial charge in [-0.3, -0.25) is 9.79 Å². The van der Waals surface area contributed by atoms with Gasteiger partial charge in [0.25, 0.3) is 0 Å². The SMILES string of the molecule is NC(N)=NCCC[C@H](N)C(=O)O.O=C([O-])c1ccccc1.[Na+]. The molecule has 0 spiro atoms. The van der Waals surface area contributed by atoms with Gasteiger partial charge in [-0.05, 0) is 18.4 Å². The molecule has 0 bridgehead atoms. The summed E-state index contributed by atoms with van der Waals surface area (Å²) in [6.45, 7) is 0.420. The van der Waals surface area contributed by atoms with Crippen LogP contribution in [-0.2, 0) is 4.79 Å². The van der Waals surface area contributed by atoms with Gasteiger partial charge in [0.1, 0.15) is 6.04 Å². The van der Waals surface area contributed by atoms with Crippen LogP contribution in [0.15, 0.2) is 35.3 Å². The van der Waals surface area contributed by atoms with Crippen molar-refractivity contribution in [2.24, 2.45) is 22.2 Å². The van der Waals surface area contributed by atoms with Gasteiger partial charge in [-0.2, -0.15) is 0 Å². The van der Waals surface area contributed by atoms with E-state index in [0.29, 0.717) is 19.4 Å². The van der Waals surface area contributed by atoms with E-state index in [2.05, 4.69) is 4.99 Å². The summed E-state index contributed by atoms with van der Waals surface area (Å²) in [5.74, 6) is -2.12. The molecule has 0 heterocycles. The zero-order chi connectivity index (χ0) is 16.3. The number of guanidine groups is 1. The number of nitrogens with two attached hydrogens (primary N) is 3. The Balaban J connectivity index is 0. The maximum absolute atomic E-state index is 10.2. The fraction of sp³-hybridized carbons (Fsp3) is 0.308. The van der Waals surface area contributed by atoms with Crippen LogP contribution in [0, 0.1) is 0 Å². The van der Waals surface area contributed by atoms with Crippen molar-refractivity contribution in [1.82, 2.24) is 0 Å². The molecule has 22 heavy (non-hydrogen) atoms. The number of nitrogens with zero attached hydrogens (tertiary/aromatic N) is 1. The number of carbonyl (C=O) groups is 2. The molecule has 0 saturated heterocycles. The van der Waals surface area contributed by atoms with Crippen molar-refractivity contribution in [1.29, 1.82) is 0 Å². The van der Waals surface area contributed by atoms with Gasteiger partial charge in [0, 0.05) is 6.54 Å². The summed E-state index contributed by atoms with van der Waals surface area (Å²) < 4.78 is 0. The first-order chi connectivity index (χ1) is 9.84. The summed E-state index contributed by atoms with van der Waals surface area (Å²) in [6.07, 6.45) is 0.956. The quantitative estimate of drug-likeness (QED) is 0.177. The molecular formula is C13H19N4NaO4. The molecule has 0 aliphatic rings. The summed E-state index contributed by atoms with van der Waals surface area (Å²) in [5, 5.41) is 18.5. The Hall–Kier alpha value is -1.61. The van der Waals surface area contributed by atoms with E-state index < -0.39 is 18.0 Å². The first-order valence-corrected chi connectivity index (χ1v) is 6.14. The van der Waals surface area contributed by atoms with Gasteiger partial charge in [-0.1, -0.05) is 30.3 Å². The average molecular weight is 318 g/mol. The number of carboxylic acids is 2. The third kappa shape index (κ3) is 12.2. The molecule has 1 aromatic carbocycles. The van der Waals surface area contributed by atoms with Crippen LogP contribution < -0.4 is 51.9 Å². The fourth-order valence-corrected chi connectivity index (χ4v) is 1.22. The van der Waals surface area contributed by atoms with Crippen LogP contribution in [0.5, 0.6) is 0 Å². The number of rotatable bonds is 6. The first-order valence-electron chi connectivity index (χ1n) is 6.14. The maximum Gasteiger partial charge on any atom is 1.00 e. The molecule has 0 saturated carbocycles. The van der Waals surface area contributed by atoms with Crippen LogP contribution in [0.1, 0.15) is 23.2 Å². The second kappa shape index (κ2) is 13.1. The van der Waals surface area contributed by atoms with Crippen LogP contribution >= 0.6 is 0 Å². The Morgan fingerprint density at radius 2 is 1.77 bits per heavy atom. The van der Waals surface area contributed by atoms with Gasteiger partial charge in [0.2, 0.25) is 0 Å². The van der Waals surface area contributed by atoms with E-state index >= 15 is 0 Å². The molecule has 0 aromatic heterocycles. The van der Waals surface area contributed by atoms with Gasteiger partial charge in [-0.15, -0.1) is 0 Å². The van der Waals surface area contributed by atoms with E-state index in [1.54, 1.807) is 18.2 Å². The number of aliphatic carboxylic acids is 1. The molecule has 0 radical (unpaired) electrons. The number of carbonyl (C=O) groups excluding carboxylic acids is 1. The molecule has 0 fully saturated rings. The number of carboxylic acid groups (broad SMARTS) is 2. The Labute approximate surface area is 150 Å². The summed E-state index contributed by atoms with van der Waals surface area (Å²) in [7, 11) is 0. The smallest absolute Gasteiger partial charge is 0.545 e. The zero-order valence-corrected chi connectivity index (χ0v) is 14.4. The molecular weight excluding hydrogens is 299 g/mol. The largest absolute Gasteiger partial charge is 1.00 e. The second-order valence-electron chi connectivity index (χ2n) is 4.05. The van der Waals surface area contributed by atoms with Crippen molar-refractivity contribution in [2.45, 2.75) is 18.9 Å². The fourth-order valence-electron chi connectivity index (χ4n) is 1.22. The van der Waals surface area contributed by atoms with Crippen LogP contribution in [-0.4, -0.2) is 35.6 Å². The van der Waals surface area contributed by atoms with Gasteiger partial charge < -0.3 is 32.2 Å². The monoisotopic (exact) mass is 318 g/mol.